The number of amides is 1. The number of aryl methyl sites for hydroxylation is 2. The van der Waals surface area contributed by atoms with Crippen molar-refractivity contribution in [2.24, 2.45) is 0 Å². The molecule has 6 heteroatoms. The smallest absolute Gasteiger partial charge is 0.263 e. The van der Waals surface area contributed by atoms with Crippen LogP contribution in [0.15, 0.2) is 10.8 Å². The summed E-state index contributed by atoms with van der Waals surface area (Å²) in [5.41, 5.74) is 8.60. The minimum Gasteiger partial charge on any atom is -0.375 e. The molecular formula is C11H13N3OS2. The highest BCUT2D eigenvalue weighted by molar-refractivity contribution is 7.17. The average molecular weight is 267 g/mol. The number of carbonyl (C=O) groups excluding carboxylic acids is 1. The molecule has 3 N–H and O–H groups in total. The van der Waals surface area contributed by atoms with Gasteiger partial charge in [-0.3, -0.25) is 4.79 Å². The molecule has 0 aliphatic carbocycles. The number of aromatic nitrogens is 1. The summed E-state index contributed by atoms with van der Waals surface area (Å²) in [7, 11) is 0. The Labute approximate surface area is 107 Å². The molecule has 0 aromatic carbocycles. The minimum atomic E-state index is -0.109. The molecule has 0 aliphatic heterocycles. The summed E-state index contributed by atoms with van der Waals surface area (Å²) in [4.78, 5) is 16.5. The Hall–Kier alpha value is -1.40. The number of nitrogens with two attached hydrogens (primary N) is 1. The molecule has 0 atom stereocenters. The lowest BCUT2D eigenvalue weighted by Crippen LogP contribution is -2.22. The standard InChI is InChI=1S/C11H13N3OS2/c1-6-4-16-5-8(6)3-13-10(15)9-7(2)14-11(12)17-9/h4-5H,3H2,1-2H3,(H2,12,14)(H,13,15). The lowest BCUT2D eigenvalue weighted by Gasteiger charge is -2.03. The Balaban J connectivity index is 2.03. The molecule has 2 heterocycles. The van der Waals surface area contributed by atoms with Gasteiger partial charge in [0.15, 0.2) is 5.13 Å². The third-order valence-corrected chi connectivity index (χ3v) is 4.32. The van der Waals surface area contributed by atoms with E-state index in [0.717, 1.165) is 5.56 Å². The number of hydrogen-bond donors (Lipinski definition) is 2. The minimum absolute atomic E-state index is 0.109. The number of nitrogens with zero attached hydrogens (tertiary/aromatic N) is 1. The van der Waals surface area contributed by atoms with E-state index in [9.17, 15) is 4.79 Å². The van der Waals surface area contributed by atoms with Gasteiger partial charge in [-0.25, -0.2) is 4.98 Å². The lowest BCUT2D eigenvalue weighted by atomic mass is 10.2. The van der Waals surface area contributed by atoms with Gasteiger partial charge in [0.05, 0.1) is 5.69 Å². The second-order valence-electron chi connectivity index (χ2n) is 3.73. The fourth-order valence-corrected chi connectivity index (χ4v) is 3.06. The topological polar surface area (TPSA) is 68.0 Å². The van der Waals surface area contributed by atoms with Crippen LogP contribution in [0.4, 0.5) is 5.13 Å². The third kappa shape index (κ3) is 2.65. The van der Waals surface area contributed by atoms with E-state index >= 15 is 0 Å². The Bertz CT molecular complexity index is 545. The molecule has 2 aromatic heterocycles. The van der Waals surface area contributed by atoms with E-state index in [-0.39, 0.29) is 5.91 Å². The maximum absolute atomic E-state index is 11.9. The molecule has 2 rings (SSSR count). The van der Waals surface area contributed by atoms with Gasteiger partial charge in [0.1, 0.15) is 4.88 Å². The Morgan fingerprint density at radius 2 is 2.24 bits per heavy atom. The highest BCUT2D eigenvalue weighted by Crippen LogP contribution is 2.20. The molecule has 1 amide bonds. The second-order valence-corrected chi connectivity index (χ2v) is 5.50. The predicted molar refractivity (Wildman–Crippen MR) is 71.5 cm³/mol. The van der Waals surface area contributed by atoms with Crippen LogP contribution in [0.2, 0.25) is 0 Å². The van der Waals surface area contributed by atoms with Gasteiger partial charge in [-0.05, 0) is 35.7 Å². The van der Waals surface area contributed by atoms with Crippen molar-refractivity contribution in [3.05, 3.63) is 32.5 Å². The van der Waals surface area contributed by atoms with Crippen LogP contribution in [0.3, 0.4) is 0 Å². The monoisotopic (exact) mass is 267 g/mol. The number of nitrogen functional groups attached to an aromatic ring is 1. The summed E-state index contributed by atoms with van der Waals surface area (Å²) >= 11 is 2.86. The van der Waals surface area contributed by atoms with E-state index in [4.69, 9.17) is 5.73 Å². The van der Waals surface area contributed by atoms with E-state index in [1.807, 2.05) is 12.3 Å². The Kier molecular flexibility index (Phi) is 3.44. The van der Waals surface area contributed by atoms with Crippen LogP contribution < -0.4 is 11.1 Å². The maximum atomic E-state index is 11.9. The van der Waals surface area contributed by atoms with Crippen molar-refractivity contribution in [3.8, 4) is 0 Å². The summed E-state index contributed by atoms with van der Waals surface area (Å²) in [6.45, 7) is 4.37. The van der Waals surface area contributed by atoms with Gasteiger partial charge < -0.3 is 11.1 Å². The summed E-state index contributed by atoms with van der Waals surface area (Å²) < 4.78 is 0. The first-order chi connectivity index (χ1) is 8.08. The second kappa shape index (κ2) is 4.85. The molecule has 0 fully saturated rings. The zero-order valence-corrected chi connectivity index (χ0v) is 11.2. The summed E-state index contributed by atoms with van der Waals surface area (Å²) in [6.07, 6.45) is 0. The van der Waals surface area contributed by atoms with Crippen molar-refractivity contribution in [1.82, 2.24) is 10.3 Å². The predicted octanol–water partition coefficient (Wildman–Crippen LogP) is 2.33. The number of nitrogens with one attached hydrogen (secondary N) is 1. The van der Waals surface area contributed by atoms with Gasteiger partial charge >= 0.3 is 0 Å². The van der Waals surface area contributed by atoms with Crippen LogP contribution in [0.5, 0.6) is 0 Å². The maximum Gasteiger partial charge on any atom is 0.263 e. The molecule has 0 saturated heterocycles. The van der Waals surface area contributed by atoms with Crippen LogP contribution in [-0.4, -0.2) is 10.9 Å². The van der Waals surface area contributed by atoms with Crippen LogP contribution >= 0.6 is 22.7 Å². The third-order valence-electron chi connectivity index (χ3n) is 2.42. The van der Waals surface area contributed by atoms with Gasteiger partial charge in [-0.1, -0.05) is 11.3 Å². The molecule has 0 aliphatic rings. The molecule has 2 aromatic rings. The van der Waals surface area contributed by atoms with Crippen molar-refractivity contribution in [1.29, 1.82) is 0 Å². The largest absolute Gasteiger partial charge is 0.375 e. The first kappa shape index (κ1) is 12.1. The quantitative estimate of drug-likeness (QED) is 0.897. The first-order valence-electron chi connectivity index (χ1n) is 5.10. The number of thiazole rings is 1. The number of thiophene rings is 1. The van der Waals surface area contributed by atoms with Crippen LogP contribution in [0.1, 0.15) is 26.5 Å². The van der Waals surface area contributed by atoms with Gasteiger partial charge in [0, 0.05) is 6.54 Å². The van der Waals surface area contributed by atoms with E-state index < -0.39 is 0 Å². The van der Waals surface area contributed by atoms with E-state index in [0.29, 0.717) is 22.2 Å². The molecule has 17 heavy (non-hydrogen) atoms. The molecule has 0 radical (unpaired) electrons. The van der Waals surface area contributed by atoms with E-state index in [1.54, 1.807) is 18.3 Å². The summed E-state index contributed by atoms with van der Waals surface area (Å²) in [5.74, 6) is -0.109. The van der Waals surface area contributed by atoms with Crippen LogP contribution in [-0.2, 0) is 6.54 Å². The highest BCUT2D eigenvalue weighted by atomic mass is 32.1. The first-order valence-corrected chi connectivity index (χ1v) is 6.86. The summed E-state index contributed by atoms with van der Waals surface area (Å²) in [6, 6.07) is 0. The van der Waals surface area contributed by atoms with E-state index in [2.05, 4.69) is 15.7 Å². The van der Waals surface area contributed by atoms with E-state index in [1.165, 1.54) is 16.9 Å². The van der Waals surface area contributed by atoms with Gasteiger partial charge in [0.2, 0.25) is 0 Å². The summed E-state index contributed by atoms with van der Waals surface area (Å²) in [5, 5.41) is 7.42. The van der Waals surface area contributed by atoms with Crippen molar-refractivity contribution >= 4 is 33.7 Å². The van der Waals surface area contributed by atoms with Crippen LogP contribution in [0.25, 0.3) is 0 Å². The van der Waals surface area contributed by atoms with Crippen molar-refractivity contribution in [2.75, 3.05) is 5.73 Å². The number of anilines is 1. The number of carbonyl (C=O) groups is 1. The normalized spacial score (nSPS) is 10.5. The zero-order chi connectivity index (χ0) is 12.4. The molecule has 0 bridgehead atoms. The molecule has 0 unspecified atom stereocenters. The van der Waals surface area contributed by atoms with Gasteiger partial charge in [-0.15, -0.1) is 0 Å². The molecular weight excluding hydrogens is 254 g/mol. The highest BCUT2D eigenvalue weighted by Gasteiger charge is 2.14. The number of rotatable bonds is 3. The SMILES string of the molecule is Cc1cscc1CNC(=O)c1sc(N)nc1C. The lowest BCUT2D eigenvalue weighted by molar-refractivity contribution is 0.0954. The fourth-order valence-electron chi connectivity index (χ4n) is 1.45. The molecule has 0 spiro atoms. The molecule has 4 nitrogen and oxygen atoms in total. The van der Waals surface area contributed by atoms with Crippen molar-refractivity contribution in [3.63, 3.8) is 0 Å². The van der Waals surface area contributed by atoms with Crippen molar-refractivity contribution < 1.29 is 4.79 Å². The molecule has 0 saturated carbocycles. The van der Waals surface area contributed by atoms with Crippen LogP contribution in [0, 0.1) is 13.8 Å². The zero-order valence-electron chi connectivity index (χ0n) is 9.61. The Morgan fingerprint density at radius 1 is 1.47 bits per heavy atom. The molecule has 90 valence electrons. The average Bonchev–Trinajstić information content (AvgIpc) is 2.81. The Morgan fingerprint density at radius 3 is 2.76 bits per heavy atom. The van der Waals surface area contributed by atoms with Gasteiger partial charge in [0.25, 0.3) is 5.91 Å². The number of hydrogen-bond acceptors (Lipinski definition) is 5. The van der Waals surface area contributed by atoms with Crippen molar-refractivity contribution in [2.45, 2.75) is 20.4 Å². The van der Waals surface area contributed by atoms with Gasteiger partial charge in [-0.2, -0.15) is 11.3 Å². The fraction of sp³-hybridized carbons (Fsp3) is 0.273.